The molecule has 10 heteroatoms. The van der Waals surface area contributed by atoms with E-state index in [9.17, 15) is 27.2 Å². The maximum atomic E-state index is 13.6. The monoisotopic (exact) mass is 515 g/mol. The molecule has 2 aromatic rings. The third-order valence-corrected chi connectivity index (χ3v) is 8.58. The van der Waals surface area contributed by atoms with Crippen molar-refractivity contribution in [2.75, 3.05) is 6.54 Å². The molecule has 4 rings (SSSR count). The Morgan fingerprint density at radius 3 is 2.39 bits per heavy atom. The van der Waals surface area contributed by atoms with Gasteiger partial charge in [0.2, 0.25) is 11.8 Å². The van der Waals surface area contributed by atoms with Gasteiger partial charge in [0.1, 0.15) is 23.3 Å². The predicted molar refractivity (Wildman–Crippen MR) is 131 cm³/mol. The summed E-state index contributed by atoms with van der Waals surface area (Å²) in [6, 6.07) is 10.5. The third-order valence-electron chi connectivity index (χ3n) is 6.79. The topological polar surface area (TPSA) is 104 Å². The number of hydrogen-bond acceptors (Lipinski definition) is 5. The van der Waals surface area contributed by atoms with Crippen LogP contribution < -0.4 is 5.32 Å². The Hall–Kier alpha value is -3.27. The van der Waals surface area contributed by atoms with Crippen molar-refractivity contribution in [1.29, 1.82) is 0 Å². The second-order valence-corrected chi connectivity index (χ2v) is 11.1. The Morgan fingerprint density at radius 2 is 1.75 bits per heavy atom. The van der Waals surface area contributed by atoms with Gasteiger partial charge in [0.25, 0.3) is 15.9 Å². The average Bonchev–Trinajstić information content (AvgIpc) is 3.06. The van der Waals surface area contributed by atoms with Gasteiger partial charge in [-0.3, -0.25) is 14.4 Å². The van der Waals surface area contributed by atoms with Crippen molar-refractivity contribution in [2.45, 2.75) is 69.0 Å². The van der Waals surface area contributed by atoms with Crippen molar-refractivity contribution in [3.8, 4) is 0 Å². The number of fused-ring (bicyclic) bond motifs is 1. The van der Waals surface area contributed by atoms with Crippen molar-refractivity contribution >= 4 is 27.7 Å². The second kappa shape index (κ2) is 10.8. The van der Waals surface area contributed by atoms with Crippen LogP contribution in [-0.2, 0) is 26.2 Å². The fourth-order valence-corrected chi connectivity index (χ4v) is 6.37. The van der Waals surface area contributed by atoms with Crippen molar-refractivity contribution in [3.63, 3.8) is 0 Å². The second-order valence-electron chi connectivity index (χ2n) is 9.23. The lowest BCUT2D eigenvalue weighted by Crippen LogP contribution is -2.53. The van der Waals surface area contributed by atoms with E-state index in [1.807, 2.05) is 0 Å². The van der Waals surface area contributed by atoms with Gasteiger partial charge in [-0.25, -0.2) is 17.1 Å². The molecule has 0 radical (unpaired) electrons. The Kier molecular flexibility index (Phi) is 7.73. The minimum atomic E-state index is -4.19. The molecule has 2 aliphatic rings. The van der Waals surface area contributed by atoms with E-state index in [4.69, 9.17) is 0 Å². The lowest BCUT2D eigenvalue weighted by molar-refractivity contribution is -0.141. The highest BCUT2D eigenvalue weighted by Gasteiger charge is 2.43. The van der Waals surface area contributed by atoms with Crippen molar-refractivity contribution in [2.24, 2.45) is 0 Å². The molecular formula is C26H30FN3O5S. The molecule has 0 aromatic heterocycles. The van der Waals surface area contributed by atoms with Gasteiger partial charge in [-0.05, 0) is 49.1 Å². The van der Waals surface area contributed by atoms with E-state index in [0.717, 1.165) is 32.1 Å². The number of amides is 3. The zero-order chi connectivity index (χ0) is 25.9. The van der Waals surface area contributed by atoms with Gasteiger partial charge in [0, 0.05) is 12.6 Å². The molecule has 1 fully saturated rings. The molecule has 1 aliphatic carbocycles. The van der Waals surface area contributed by atoms with Crippen LogP contribution >= 0.6 is 0 Å². The number of benzene rings is 2. The Bertz CT molecular complexity index is 1240. The minimum Gasteiger partial charge on any atom is -0.352 e. The summed E-state index contributed by atoms with van der Waals surface area (Å²) < 4.78 is 40.0. The van der Waals surface area contributed by atoms with Crippen molar-refractivity contribution in [3.05, 3.63) is 65.5 Å². The van der Waals surface area contributed by atoms with Crippen molar-refractivity contribution < 1.29 is 27.2 Å². The third kappa shape index (κ3) is 5.28. The van der Waals surface area contributed by atoms with Gasteiger partial charge in [-0.15, -0.1) is 0 Å². The molecule has 0 unspecified atom stereocenters. The largest absolute Gasteiger partial charge is 0.352 e. The smallest absolute Gasteiger partial charge is 0.269 e. The summed E-state index contributed by atoms with van der Waals surface area (Å²) in [6.07, 6.45) is 5.19. The SMILES string of the molecule is CC[C@H](C(=O)NC1CCCCC1)N(Cc1ccc(F)cc1)C(=O)CN1C(=O)c2ccccc2S1(=O)=O. The highest BCUT2D eigenvalue weighted by molar-refractivity contribution is 7.90. The molecule has 192 valence electrons. The van der Waals surface area contributed by atoms with Crippen LogP contribution in [0.5, 0.6) is 0 Å². The maximum absolute atomic E-state index is 13.6. The first-order chi connectivity index (χ1) is 17.2. The van der Waals surface area contributed by atoms with Crippen LogP contribution in [0.25, 0.3) is 0 Å². The molecule has 1 atom stereocenters. The predicted octanol–water partition coefficient (Wildman–Crippen LogP) is 3.23. The average molecular weight is 516 g/mol. The van der Waals surface area contributed by atoms with Crippen molar-refractivity contribution in [1.82, 2.24) is 14.5 Å². The van der Waals surface area contributed by atoms with E-state index in [0.29, 0.717) is 9.87 Å². The molecule has 1 heterocycles. The van der Waals surface area contributed by atoms with E-state index >= 15 is 0 Å². The summed E-state index contributed by atoms with van der Waals surface area (Å²) in [6.45, 7) is 0.999. The maximum Gasteiger partial charge on any atom is 0.269 e. The number of carbonyl (C=O) groups excluding carboxylic acids is 3. The number of nitrogens with one attached hydrogen (secondary N) is 1. The summed E-state index contributed by atoms with van der Waals surface area (Å²) in [5, 5.41) is 3.04. The number of sulfonamides is 1. The first kappa shape index (κ1) is 25.8. The highest BCUT2D eigenvalue weighted by atomic mass is 32.2. The molecule has 1 aliphatic heterocycles. The molecule has 0 saturated heterocycles. The lowest BCUT2D eigenvalue weighted by atomic mass is 9.95. The Balaban J connectivity index is 1.60. The molecule has 8 nitrogen and oxygen atoms in total. The van der Waals surface area contributed by atoms with Crippen LogP contribution in [0.1, 0.15) is 61.4 Å². The quantitative estimate of drug-likeness (QED) is 0.581. The van der Waals surface area contributed by atoms with Crippen LogP contribution in [0.4, 0.5) is 4.39 Å². The summed E-state index contributed by atoms with van der Waals surface area (Å²) in [5.74, 6) is -2.22. The summed E-state index contributed by atoms with van der Waals surface area (Å²) >= 11 is 0. The van der Waals surface area contributed by atoms with E-state index in [-0.39, 0.29) is 35.4 Å². The first-order valence-electron chi connectivity index (χ1n) is 12.2. The van der Waals surface area contributed by atoms with Crippen LogP contribution in [-0.4, -0.2) is 54.0 Å². The zero-order valence-electron chi connectivity index (χ0n) is 20.2. The summed E-state index contributed by atoms with van der Waals surface area (Å²) in [4.78, 5) is 40.8. The van der Waals surface area contributed by atoms with Gasteiger partial charge in [0.15, 0.2) is 0 Å². The molecular weight excluding hydrogens is 485 g/mol. The molecule has 36 heavy (non-hydrogen) atoms. The van der Waals surface area contributed by atoms with Gasteiger partial charge in [-0.2, -0.15) is 0 Å². The van der Waals surface area contributed by atoms with Crippen LogP contribution in [0.15, 0.2) is 53.4 Å². The molecule has 3 amide bonds. The standard InChI is InChI=1S/C26H30FN3O5S/c1-2-22(25(32)28-20-8-4-3-5-9-20)29(16-18-12-14-19(27)15-13-18)24(31)17-30-26(33)21-10-6-7-11-23(21)36(30,34)35/h6-7,10-15,20,22H,2-5,8-9,16-17H2,1H3,(H,28,32)/t22-/m1/s1. The van der Waals surface area contributed by atoms with E-state index < -0.39 is 40.2 Å². The number of rotatable bonds is 8. The molecule has 1 saturated carbocycles. The Morgan fingerprint density at radius 1 is 1.08 bits per heavy atom. The van der Waals surface area contributed by atoms with Gasteiger partial charge in [-0.1, -0.05) is 50.5 Å². The summed E-state index contributed by atoms with van der Waals surface area (Å²) in [5.41, 5.74) is 0.588. The molecule has 2 aromatic carbocycles. The lowest BCUT2D eigenvalue weighted by Gasteiger charge is -2.33. The highest BCUT2D eigenvalue weighted by Crippen LogP contribution is 2.30. The van der Waals surface area contributed by atoms with Crippen LogP contribution in [0, 0.1) is 5.82 Å². The van der Waals surface area contributed by atoms with Gasteiger partial charge in [0.05, 0.1) is 5.56 Å². The fraction of sp³-hybridized carbons (Fsp3) is 0.423. The van der Waals surface area contributed by atoms with Gasteiger partial charge >= 0.3 is 0 Å². The summed E-state index contributed by atoms with van der Waals surface area (Å²) in [7, 11) is -4.19. The first-order valence-corrected chi connectivity index (χ1v) is 13.7. The van der Waals surface area contributed by atoms with Crippen LogP contribution in [0.2, 0.25) is 0 Å². The molecule has 0 bridgehead atoms. The number of halogens is 1. The van der Waals surface area contributed by atoms with Crippen LogP contribution in [0.3, 0.4) is 0 Å². The van der Waals surface area contributed by atoms with E-state index in [1.165, 1.54) is 47.4 Å². The van der Waals surface area contributed by atoms with E-state index in [2.05, 4.69) is 5.32 Å². The Labute approximate surface area is 210 Å². The number of nitrogens with zero attached hydrogens (tertiary/aromatic N) is 2. The number of carbonyl (C=O) groups is 3. The molecule has 0 spiro atoms. The number of hydrogen-bond donors (Lipinski definition) is 1. The normalized spacial score (nSPS) is 17.9. The molecule has 1 N–H and O–H groups in total. The van der Waals surface area contributed by atoms with Gasteiger partial charge < -0.3 is 10.2 Å². The van der Waals surface area contributed by atoms with E-state index in [1.54, 1.807) is 13.0 Å². The zero-order valence-corrected chi connectivity index (χ0v) is 21.0. The minimum absolute atomic E-state index is 0.0115. The fourth-order valence-electron chi connectivity index (χ4n) is 4.85.